The Morgan fingerprint density at radius 1 is 1.17 bits per heavy atom. The normalized spacial score (nSPS) is 15.3. The number of ether oxygens (including phenoxy) is 2. The van der Waals surface area contributed by atoms with E-state index in [9.17, 15) is 4.79 Å². The summed E-state index contributed by atoms with van der Waals surface area (Å²) in [6.07, 6.45) is 8.34. The van der Waals surface area contributed by atoms with Crippen LogP contribution in [0.15, 0.2) is 36.8 Å². The molecule has 1 amide bonds. The van der Waals surface area contributed by atoms with Gasteiger partial charge in [-0.3, -0.25) is 4.79 Å². The molecule has 0 radical (unpaired) electrons. The Balaban J connectivity index is 1.58. The minimum atomic E-state index is -0.190. The number of imidazole rings is 1. The summed E-state index contributed by atoms with van der Waals surface area (Å²) in [4.78, 5) is 24.0. The minimum Gasteiger partial charge on any atom is -0.497 e. The number of carbonyl (C=O) groups is 1. The van der Waals surface area contributed by atoms with Gasteiger partial charge in [-0.05, 0) is 38.0 Å². The number of carbonyl (C=O) groups excluding carboxylic acids is 1. The number of rotatable bonds is 6. The Labute approximate surface area is 176 Å². The van der Waals surface area contributed by atoms with Gasteiger partial charge < -0.3 is 18.9 Å². The molecule has 1 fully saturated rings. The summed E-state index contributed by atoms with van der Waals surface area (Å²) in [5, 5.41) is 0. The second kappa shape index (κ2) is 8.34. The molecule has 7 nitrogen and oxygen atoms in total. The number of fused-ring (bicyclic) bond motifs is 1. The molecule has 1 aromatic carbocycles. The first kappa shape index (κ1) is 20.2. The molecule has 0 bridgehead atoms. The maximum atomic E-state index is 13.2. The van der Waals surface area contributed by atoms with Gasteiger partial charge in [-0.1, -0.05) is 12.8 Å². The van der Waals surface area contributed by atoms with E-state index in [2.05, 4.69) is 14.5 Å². The van der Waals surface area contributed by atoms with Gasteiger partial charge in [-0.2, -0.15) is 0 Å². The highest BCUT2D eigenvalue weighted by molar-refractivity contribution is 5.96. The first-order valence-corrected chi connectivity index (χ1v) is 10.3. The fourth-order valence-corrected chi connectivity index (χ4v) is 4.24. The van der Waals surface area contributed by atoms with E-state index in [1.807, 2.05) is 37.5 Å². The van der Waals surface area contributed by atoms with Crippen LogP contribution in [0.2, 0.25) is 0 Å². The highest BCUT2D eigenvalue weighted by Crippen LogP contribution is 2.33. The van der Waals surface area contributed by atoms with Crippen molar-refractivity contribution in [2.75, 3.05) is 21.3 Å². The van der Waals surface area contributed by atoms with Gasteiger partial charge in [-0.15, -0.1) is 0 Å². The predicted octanol–water partition coefficient (Wildman–Crippen LogP) is 4.40. The van der Waals surface area contributed by atoms with Crippen molar-refractivity contribution >= 4 is 17.1 Å². The van der Waals surface area contributed by atoms with Crippen LogP contribution >= 0.6 is 0 Å². The smallest absolute Gasteiger partial charge is 0.255 e. The monoisotopic (exact) mass is 408 g/mol. The molecule has 7 heteroatoms. The number of aromatic nitrogens is 3. The van der Waals surface area contributed by atoms with E-state index >= 15 is 0 Å². The van der Waals surface area contributed by atoms with Crippen LogP contribution in [0.3, 0.4) is 0 Å². The van der Waals surface area contributed by atoms with E-state index in [-0.39, 0.29) is 11.9 Å². The molecule has 2 heterocycles. The van der Waals surface area contributed by atoms with Gasteiger partial charge in [-0.25, -0.2) is 9.97 Å². The highest BCUT2D eigenvalue weighted by Gasteiger charge is 2.24. The molecule has 1 unspecified atom stereocenters. The molecule has 1 atom stereocenters. The molecule has 0 aliphatic heterocycles. The molecule has 0 spiro atoms. The van der Waals surface area contributed by atoms with Gasteiger partial charge in [0, 0.05) is 30.9 Å². The zero-order chi connectivity index (χ0) is 21.3. The number of amides is 1. The van der Waals surface area contributed by atoms with Gasteiger partial charge in [0.1, 0.15) is 17.0 Å². The van der Waals surface area contributed by atoms with Crippen molar-refractivity contribution in [3.63, 3.8) is 0 Å². The summed E-state index contributed by atoms with van der Waals surface area (Å²) in [6, 6.07) is 7.74. The van der Waals surface area contributed by atoms with E-state index < -0.39 is 0 Å². The van der Waals surface area contributed by atoms with Crippen LogP contribution < -0.4 is 9.47 Å². The number of pyridine rings is 1. The standard InChI is InChI=1S/C23H28N4O3/c1-15(19-10-9-18(29-3)12-21(19)30-4)26(2)23(28)16-11-20-22(24-13-16)27(14-25-20)17-7-5-6-8-17/h9-15,17H,5-8H2,1-4H3. The summed E-state index contributed by atoms with van der Waals surface area (Å²) >= 11 is 0. The third-order valence-corrected chi connectivity index (χ3v) is 6.17. The van der Waals surface area contributed by atoms with Gasteiger partial charge >= 0.3 is 0 Å². The zero-order valence-electron chi connectivity index (χ0n) is 18.0. The second-order valence-corrected chi connectivity index (χ2v) is 7.86. The summed E-state index contributed by atoms with van der Waals surface area (Å²) in [5.41, 5.74) is 3.05. The SMILES string of the molecule is COc1ccc(C(C)N(C)C(=O)c2cnc3c(c2)ncn3C2CCCC2)c(OC)c1. The highest BCUT2D eigenvalue weighted by atomic mass is 16.5. The zero-order valence-corrected chi connectivity index (χ0v) is 18.0. The number of methoxy groups -OCH3 is 2. The van der Waals surface area contributed by atoms with Crippen molar-refractivity contribution in [2.45, 2.75) is 44.7 Å². The van der Waals surface area contributed by atoms with Crippen LogP contribution in [0.25, 0.3) is 11.2 Å². The van der Waals surface area contributed by atoms with Crippen LogP contribution in [0.4, 0.5) is 0 Å². The molecule has 0 N–H and O–H groups in total. The largest absolute Gasteiger partial charge is 0.497 e. The molecule has 30 heavy (non-hydrogen) atoms. The average molecular weight is 409 g/mol. The maximum absolute atomic E-state index is 13.2. The molecule has 1 aliphatic rings. The van der Waals surface area contributed by atoms with Crippen molar-refractivity contribution in [1.82, 2.24) is 19.4 Å². The lowest BCUT2D eigenvalue weighted by molar-refractivity contribution is 0.0741. The fraction of sp³-hybridized carbons (Fsp3) is 0.435. The van der Waals surface area contributed by atoms with Crippen molar-refractivity contribution in [3.05, 3.63) is 47.9 Å². The summed E-state index contributed by atoms with van der Waals surface area (Å²) < 4.78 is 12.9. The lowest BCUT2D eigenvalue weighted by atomic mass is 10.0. The molecule has 0 saturated heterocycles. The van der Waals surface area contributed by atoms with Crippen LogP contribution in [0, 0.1) is 0 Å². The van der Waals surface area contributed by atoms with Crippen molar-refractivity contribution in [1.29, 1.82) is 0 Å². The summed E-state index contributed by atoms with van der Waals surface area (Å²) in [6.45, 7) is 1.98. The third-order valence-electron chi connectivity index (χ3n) is 6.17. The topological polar surface area (TPSA) is 69.5 Å². The van der Waals surface area contributed by atoms with Gasteiger partial charge in [0.2, 0.25) is 0 Å². The molecule has 1 saturated carbocycles. The Kier molecular flexibility index (Phi) is 5.61. The number of hydrogen-bond acceptors (Lipinski definition) is 5. The number of nitrogens with zero attached hydrogens (tertiary/aromatic N) is 4. The summed E-state index contributed by atoms with van der Waals surface area (Å²) in [7, 11) is 5.02. The van der Waals surface area contributed by atoms with Crippen LogP contribution in [-0.4, -0.2) is 46.6 Å². The Hall–Kier alpha value is -3.09. The van der Waals surface area contributed by atoms with E-state index in [4.69, 9.17) is 9.47 Å². The Bertz CT molecular complexity index is 1060. The van der Waals surface area contributed by atoms with Gasteiger partial charge in [0.15, 0.2) is 5.65 Å². The van der Waals surface area contributed by atoms with Gasteiger partial charge in [0.25, 0.3) is 5.91 Å². The quantitative estimate of drug-likeness (QED) is 0.605. The Morgan fingerprint density at radius 2 is 1.93 bits per heavy atom. The summed E-state index contributed by atoms with van der Waals surface area (Å²) in [5.74, 6) is 1.29. The molecule has 158 valence electrons. The molecular weight excluding hydrogens is 380 g/mol. The fourth-order valence-electron chi connectivity index (χ4n) is 4.24. The predicted molar refractivity (Wildman–Crippen MR) is 115 cm³/mol. The van der Waals surface area contributed by atoms with Crippen LogP contribution in [0.5, 0.6) is 11.5 Å². The molecule has 1 aliphatic carbocycles. The Morgan fingerprint density at radius 3 is 2.63 bits per heavy atom. The second-order valence-electron chi connectivity index (χ2n) is 7.86. The average Bonchev–Trinajstić information content (AvgIpc) is 3.46. The number of hydrogen-bond donors (Lipinski definition) is 0. The number of benzene rings is 1. The van der Waals surface area contributed by atoms with Crippen molar-refractivity contribution in [3.8, 4) is 11.5 Å². The molecule has 2 aromatic heterocycles. The van der Waals surface area contributed by atoms with E-state index in [1.54, 1.807) is 32.4 Å². The maximum Gasteiger partial charge on any atom is 0.255 e. The first-order valence-electron chi connectivity index (χ1n) is 10.3. The van der Waals surface area contributed by atoms with Crippen molar-refractivity contribution in [2.24, 2.45) is 0 Å². The molecule has 3 aromatic rings. The van der Waals surface area contributed by atoms with E-state index in [0.717, 1.165) is 29.6 Å². The minimum absolute atomic E-state index is 0.106. The third kappa shape index (κ3) is 3.60. The van der Waals surface area contributed by atoms with Crippen molar-refractivity contribution < 1.29 is 14.3 Å². The van der Waals surface area contributed by atoms with E-state index in [0.29, 0.717) is 23.1 Å². The lowest BCUT2D eigenvalue weighted by Gasteiger charge is -2.27. The van der Waals surface area contributed by atoms with Crippen LogP contribution in [-0.2, 0) is 0 Å². The van der Waals surface area contributed by atoms with Crippen LogP contribution in [0.1, 0.15) is 60.6 Å². The lowest BCUT2D eigenvalue weighted by Crippen LogP contribution is -2.30. The first-order chi connectivity index (χ1) is 14.5. The molecular formula is C23H28N4O3. The van der Waals surface area contributed by atoms with E-state index in [1.165, 1.54) is 12.8 Å². The van der Waals surface area contributed by atoms with Gasteiger partial charge in [0.05, 0.1) is 32.2 Å². The molecule has 4 rings (SSSR count).